The highest BCUT2D eigenvalue weighted by molar-refractivity contribution is 6.30. The fourth-order valence-corrected chi connectivity index (χ4v) is 4.66. The van der Waals surface area contributed by atoms with Crippen molar-refractivity contribution in [3.8, 4) is 0 Å². The van der Waals surface area contributed by atoms with Gasteiger partial charge in [0.2, 0.25) is 0 Å². The summed E-state index contributed by atoms with van der Waals surface area (Å²) in [7, 11) is 3.90. The van der Waals surface area contributed by atoms with Gasteiger partial charge in [-0.2, -0.15) is 0 Å². The van der Waals surface area contributed by atoms with E-state index in [2.05, 4.69) is 0 Å². The van der Waals surface area contributed by atoms with Crippen molar-refractivity contribution in [1.29, 1.82) is 0 Å². The monoisotopic (exact) mass is 513 g/mol. The standard InChI is InChI=1S/C25H28ClN5O4.CH4/c1-27(2)12-5-13-30-21-7-4-3-6-20(21)22(23(25(30)33)31(34)35)28-14-16-29(17-15-28)24(32)18-8-10-19(26)11-9-18;/h3-4,6-11H,5,12-17H2,1-2H3;1H4. The molecule has 0 aliphatic carbocycles. The molecule has 2 aromatic carbocycles. The van der Waals surface area contributed by atoms with Crippen molar-refractivity contribution >= 4 is 39.8 Å². The third-order valence-electron chi connectivity index (χ3n) is 6.27. The molecule has 0 unspecified atom stereocenters. The van der Waals surface area contributed by atoms with Gasteiger partial charge in [-0.3, -0.25) is 19.7 Å². The van der Waals surface area contributed by atoms with Crippen LogP contribution in [-0.4, -0.2) is 72.0 Å². The zero-order valence-corrected chi connectivity index (χ0v) is 20.6. The molecule has 3 aromatic rings. The molecule has 1 fully saturated rings. The van der Waals surface area contributed by atoms with Crippen molar-refractivity contribution in [1.82, 2.24) is 14.4 Å². The van der Waals surface area contributed by atoms with E-state index in [-0.39, 0.29) is 13.3 Å². The molecular weight excluding hydrogens is 482 g/mol. The van der Waals surface area contributed by atoms with Crippen LogP contribution in [-0.2, 0) is 6.54 Å². The van der Waals surface area contributed by atoms with Gasteiger partial charge in [-0.15, -0.1) is 0 Å². The largest absolute Gasteiger partial charge is 0.362 e. The first kappa shape index (κ1) is 27.2. The molecule has 0 radical (unpaired) electrons. The third kappa shape index (κ3) is 5.52. The van der Waals surface area contributed by atoms with Crippen molar-refractivity contribution in [2.75, 3.05) is 51.7 Å². The average molecular weight is 514 g/mol. The van der Waals surface area contributed by atoms with Crippen LogP contribution in [0.4, 0.5) is 11.4 Å². The minimum atomic E-state index is -0.595. The molecule has 0 saturated carbocycles. The molecule has 10 heteroatoms. The minimum Gasteiger partial charge on any atom is -0.362 e. The second-order valence-corrected chi connectivity index (χ2v) is 9.31. The number of amides is 1. The molecule has 1 saturated heterocycles. The second kappa shape index (κ2) is 11.5. The van der Waals surface area contributed by atoms with Crippen LogP contribution in [0, 0.1) is 10.1 Å². The van der Waals surface area contributed by atoms with Crippen LogP contribution in [0.25, 0.3) is 10.9 Å². The minimum absolute atomic E-state index is 0. The van der Waals surface area contributed by atoms with Crippen LogP contribution in [0.3, 0.4) is 0 Å². The average Bonchev–Trinajstić information content (AvgIpc) is 2.84. The van der Waals surface area contributed by atoms with Gasteiger partial charge >= 0.3 is 11.2 Å². The maximum atomic E-state index is 13.4. The van der Waals surface area contributed by atoms with Gasteiger partial charge in [0.15, 0.2) is 0 Å². The number of benzene rings is 2. The van der Waals surface area contributed by atoms with Crippen LogP contribution in [0.15, 0.2) is 53.3 Å². The Morgan fingerprint density at radius 3 is 2.31 bits per heavy atom. The van der Waals surface area contributed by atoms with Gasteiger partial charge in [0.25, 0.3) is 5.91 Å². The van der Waals surface area contributed by atoms with Crippen LogP contribution in [0.1, 0.15) is 24.2 Å². The molecule has 192 valence electrons. The van der Waals surface area contributed by atoms with Gasteiger partial charge in [-0.25, -0.2) is 0 Å². The molecule has 1 aromatic heterocycles. The lowest BCUT2D eigenvalue weighted by Crippen LogP contribution is -2.49. The molecule has 1 amide bonds. The number of para-hydroxylation sites is 1. The summed E-state index contributed by atoms with van der Waals surface area (Å²) < 4.78 is 1.51. The predicted molar refractivity (Wildman–Crippen MR) is 144 cm³/mol. The molecule has 0 N–H and O–H groups in total. The SMILES string of the molecule is C.CN(C)CCCn1c(=O)c([N+](=O)[O-])c(N2CCN(C(=O)c3ccc(Cl)cc3)CC2)c2ccccc21. The van der Waals surface area contributed by atoms with Gasteiger partial charge in [-0.1, -0.05) is 37.2 Å². The summed E-state index contributed by atoms with van der Waals surface area (Å²) in [6.07, 6.45) is 0.693. The Morgan fingerprint density at radius 2 is 1.69 bits per heavy atom. The van der Waals surface area contributed by atoms with Crippen LogP contribution in [0.2, 0.25) is 5.02 Å². The molecule has 1 aliphatic heterocycles. The lowest BCUT2D eigenvalue weighted by atomic mass is 10.1. The number of rotatable bonds is 7. The Morgan fingerprint density at radius 1 is 1.06 bits per heavy atom. The maximum absolute atomic E-state index is 13.4. The van der Waals surface area contributed by atoms with Crippen molar-refractivity contribution < 1.29 is 9.72 Å². The van der Waals surface area contributed by atoms with E-state index in [1.54, 1.807) is 29.2 Å². The van der Waals surface area contributed by atoms with E-state index in [0.29, 0.717) is 66.3 Å². The van der Waals surface area contributed by atoms with Gasteiger partial charge < -0.3 is 19.3 Å². The number of hydrogen-bond donors (Lipinski definition) is 0. The number of carbonyl (C=O) groups excluding carboxylic acids is 1. The zero-order chi connectivity index (χ0) is 25.1. The number of aromatic nitrogens is 1. The van der Waals surface area contributed by atoms with E-state index in [1.807, 2.05) is 48.2 Å². The number of halogens is 1. The summed E-state index contributed by atoms with van der Waals surface area (Å²) in [6.45, 7) is 2.70. The van der Waals surface area contributed by atoms with Crippen LogP contribution < -0.4 is 10.5 Å². The first-order valence-corrected chi connectivity index (χ1v) is 11.9. The van der Waals surface area contributed by atoms with E-state index < -0.39 is 16.2 Å². The smallest absolute Gasteiger partial charge is 0.357 e. The number of pyridine rings is 1. The van der Waals surface area contributed by atoms with Crippen molar-refractivity contribution in [2.24, 2.45) is 0 Å². The quantitative estimate of drug-likeness (QED) is 0.348. The van der Waals surface area contributed by atoms with Crippen LogP contribution in [0.5, 0.6) is 0 Å². The number of nitrogens with zero attached hydrogens (tertiary/aromatic N) is 5. The van der Waals surface area contributed by atoms with E-state index in [0.717, 1.165) is 6.54 Å². The number of hydrogen-bond acceptors (Lipinski definition) is 6. The van der Waals surface area contributed by atoms with E-state index in [4.69, 9.17) is 11.6 Å². The fraction of sp³-hybridized carbons (Fsp3) is 0.385. The molecular formula is C26H32ClN5O4. The molecule has 0 bridgehead atoms. The summed E-state index contributed by atoms with van der Waals surface area (Å²) >= 11 is 5.93. The molecule has 9 nitrogen and oxygen atoms in total. The maximum Gasteiger partial charge on any atom is 0.357 e. The number of nitro groups is 1. The highest BCUT2D eigenvalue weighted by Crippen LogP contribution is 2.34. The number of carbonyl (C=O) groups is 1. The van der Waals surface area contributed by atoms with Gasteiger partial charge in [0.1, 0.15) is 5.69 Å². The molecule has 1 aliphatic rings. The highest BCUT2D eigenvalue weighted by atomic mass is 35.5. The first-order chi connectivity index (χ1) is 16.8. The van der Waals surface area contributed by atoms with Crippen LogP contribution >= 0.6 is 11.6 Å². The third-order valence-corrected chi connectivity index (χ3v) is 6.52. The molecule has 0 atom stereocenters. The number of anilines is 1. The summed E-state index contributed by atoms with van der Waals surface area (Å²) in [6, 6.07) is 14.0. The number of piperazine rings is 1. The number of fused-ring (bicyclic) bond motifs is 1. The van der Waals surface area contributed by atoms with Crippen molar-refractivity contribution in [2.45, 2.75) is 20.4 Å². The summed E-state index contributed by atoms with van der Waals surface area (Å²) in [5.41, 5.74) is 0.544. The van der Waals surface area contributed by atoms with E-state index >= 15 is 0 Å². The summed E-state index contributed by atoms with van der Waals surface area (Å²) in [5, 5.41) is 13.4. The second-order valence-electron chi connectivity index (χ2n) is 8.87. The highest BCUT2D eigenvalue weighted by Gasteiger charge is 2.32. The fourth-order valence-electron chi connectivity index (χ4n) is 4.54. The Balaban J connectivity index is 0.00000361. The summed E-state index contributed by atoms with van der Waals surface area (Å²) in [5.74, 6) is -0.114. The molecule has 0 spiro atoms. The van der Waals surface area contributed by atoms with E-state index in [9.17, 15) is 19.7 Å². The predicted octanol–water partition coefficient (Wildman–Crippen LogP) is 4.11. The summed E-state index contributed by atoms with van der Waals surface area (Å²) in [4.78, 5) is 43.4. The van der Waals surface area contributed by atoms with E-state index in [1.165, 1.54) is 4.57 Å². The Kier molecular flexibility index (Phi) is 8.70. The van der Waals surface area contributed by atoms with Gasteiger partial charge in [0.05, 0.1) is 10.4 Å². The van der Waals surface area contributed by atoms with Gasteiger partial charge in [-0.05, 0) is 57.4 Å². The van der Waals surface area contributed by atoms with Gasteiger partial charge in [0, 0.05) is 48.7 Å². The first-order valence-electron chi connectivity index (χ1n) is 11.5. The lowest BCUT2D eigenvalue weighted by Gasteiger charge is -2.36. The Bertz CT molecular complexity index is 1300. The molecule has 4 rings (SSSR count). The molecule has 36 heavy (non-hydrogen) atoms. The molecule has 2 heterocycles. The normalized spacial score (nSPS) is 13.7. The zero-order valence-electron chi connectivity index (χ0n) is 19.8. The van der Waals surface area contributed by atoms with Crippen molar-refractivity contribution in [3.63, 3.8) is 0 Å². The Labute approximate surface area is 215 Å². The Hall–Kier alpha value is -3.43. The topological polar surface area (TPSA) is 91.9 Å². The van der Waals surface area contributed by atoms with Crippen molar-refractivity contribution in [3.05, 3.63) is 79.6 Å². The number of aryl methyl sites for hydroxylation is 1. The lowest BCUT2D eigenvalue weighted by molar-refractivity contribution is -0.385.